The molecule has 0 aliphatic carbocycles. The first kappa shape index (κ1) is 17.2. The molecule has 4 aromatic rings. The Labute approximate surface area is 159 Å². The molecule has 0 fully saturated rings. The van der Waals surface area contributed by atoms with Gasteiger partial charge in [-0.15, -0.1) is 0 Å². The SMILES string of the molecule is COc1cc(C(=O)Nc2ccc3[nH]nc(-c4cnco4)c3c2)nc(C)c1C#N. The van der Waals surface area contributed by atoms with Crippen molar-refractivity contribution < 1.29 is 13.9 Å². The lowest BCUT2D eigenvalue weighted by atomic mass is 10.1. The van der Waals surface area contributed by atoms with Gasteiger partial charge in [0, 0.05) is 17.1 Å². The number of rotatable bonds is 4. The van der Waals surface area contributed by atoms with Crippen LogP contribution in [0.3, 0.4) is 0 Å². The number of aromatic amines is 1. The van der Waals surface area contributed by atoms with Crippen LogP contribution in [0.25, 0.3) is 22.4 Å². The Hall–Kier alpha value is -4.19. The summed E-state index contributed by atoms with van der Waals surface area (Å²) in [7, 11) is 1.44. The molecule has 0 spiro atoms. The van der Waals surface area contributed by atoms with Gasteiger partial charge >= 0.3 is 0 Å². The number of aryl methyl sites for hydroxylation is 1. The molecule has 9 heteroatoms. The summed E-state index contributed by atoms with van der Waals surface area (Å²) in [6.45, 7) is 1.65. The minimum atomic E-state index is -0.421. The number of nitrogens with one attached hydrogen (secondary N) is 2. The maximum Gasteiger partial charge on any atom is 0.274 e. The fourth-order valence-corrected chi connectivity index (χ4v) is 2.86. The van der Waals surface area contributed by atoms with Crippen molar-refractivity contribution in [3.8, 4) is 23.3 Å². The number of ether oxygens (including phenoxy) is 1. The van der Waals surface area contributed by atoms with Gasteiger partial charge in [0.05, 0.1) is 24.5 Å². The zero-order valence-corrected chi connectivity index (χ0v) is 15.0. The number of hydrogen-bond acceptors (Lipinski definition) is 7. The van der Waals surface area contributed by atoms with Crippen molar-refractivity contribution in [2.75, 3.05) is 12.4 Å². The Balaban J connectivity index is 1.67. The number of carbonyl (C=O) groups is 1. The van der Waals surface area contributed by atoms with Gasteiger partial charge in [-0.3, -0.25) is 9.89 Å². The average Bonchev–Trinajstić information content (AvgIpc) is 3.36. The number of aromatic nitrogens is 4. The number of oxazole rings is 1. The molecule has 1 amide bonds. The van der Waals surface area contributed by atoms with E-state index < -0.39 is 5.91 Å². The third-order valence-electron chi connectivity index (χ3n) is 4.21. The van der Waals surface area contributed by atoms with Gasteiger partial charge < -0.3 is 14.5 Å². The Morgan fingerprint density at radius 3 is 2.93 bits per heavy atom. The number of nitriles is 1. The fourth-order valence-electron chi connectivity index (χ4n) is 2.86. The quantitative estimate of drug-likeness (QED) is 0.561. The normalized spacial score (nSPS) is 10.6. The lowest BCUT2D eigenvalue weighted by Crippen LogP contribution is -2.15. The molecule has 0 aliphatic rings. The summed E-state index contributed by atoms with van der Waals surface area (Å²) in [4.78, 5) is 20.8. The molecule has 3 heterocycles. The zero-order chi connectivity index (χ0) is 19.7. The van der Waals surface area contributed by atoms with Gasteiger partial charge in [0.25, 0.3) is 5.91 Å². The van der Waals surface area contributed by atoms with Crippen molar-refractivity contribution in [3.05, 3.63) is 53.8 Å². The van der Waals surface area contributed by atoms with Gasteiger partial charge in [-0.2, -0.15) is 10.4 Å². The number of amides is 1. The number of methoxy groups -OCH3 is 1. The molecular weight excluding hydrogens is 360 g/mol. The highest BCUT2D eigenvalue weighted by Gasteiger charge is 2.17. The summed E-state index contributed by atoms with van der Waals surface area (Å²) in [5, 5.41) is 19.9. The molecule has 0 atom stereocenters. The largest absolute Gasteiger partial charge is 0.495 e. The van der Waals surface area contributed by atoms with Crippen LogP contribution in [0, 0.1) is 18.3 Å². The van der Waals surface area contributed by atoms with Gasteiger partial charge in [0.15, 0.2) is 12.2 Å². The highest BCUT2D eigenvalue weighted by atomic mass is 16.5. The number of H-pyrrole nitrogens is 1. The molecule has 3 aromatic heterocycles. The van der Waals surface area contributed by atoms with Crippen molar-refractivity contribution in [1.29, 1.82) is 5.26 Å². The summed E-state index contributed by atoms with van der Waals surface area (Å²) >= 11 is 0. The van der Waals surface area contributed by atoms with Crippen molar-refractivity contribution in [2.45, 2.75) is 6.92 Å². The lowest BCUT2D eigenvalue weighted by molar-refractivity contribution is 0.102. The fraction of sp³-hybridized carbons (Fsp3) is 0.105. The monoisotopic (exact) mass is 374 g/mol. The van der Waals surface area contributed by atoms with Crippen molar-refractivity contribution in [3.63, 3.8) is 0 Å². The van der Waals surface area contributed by atoms with Crippen LogP contribution in [0.2, 0.25) is 0 Å². The van der Waals surface area contributed by atoms with Crippen LogP contribution in [0.1, 0.15) is 21.7 Å². The number of carbonyl (C=O) groups excluding carboxylic acids is 1. The number of pyridine rings is 1. The van der Waals surface area contributed by atoms with Gasteiger partial charge in [0.1, 0.15) is 28.8 Å². The topological polar surface area (TPSA) is 130 Å². The van der Waals surface area contributed by atoms with E-state index in [-0.39, 0.29) is 5.69 Å². The molecule has 9 nitrogen and oxygen atoms in total. The standard InChI is InChI=1S/C19H14N6O3/c1-10-13(7-20)16(27-2)6-15(22-10)19(26)23-11-3-4-14-12(5-11)18(25-24-14)17-8-21-9-28-17/h3-6,8-9H,1-2H3,(H,23,26)(H,24,25). The zero-order valence-electron chi connectivity index (χ0n) is 15.0. The van der Waals surface area contributed by atoms with Gasteiger partial charge in [-0.1, -0.05) is 0 Å². The molecule has 0 saturated heterocycles. The molecule has 4 rings (SSSR count). The Kier molecular flexibility index (Phi) is 4.21. The molecule has 1 aromatic carbocycles. The van der Waals surface area contributed by atoms with Gasteiger partial charge in [-0.05, 0) is 25.1 Å². The first-order chi connectivity index (χ1) is 13.6. The van der Waals surface area contributed by atoms with Crippen LogP contribution >= 0.6 is 0 Å². The Morgan fingerprint density at radius 1 is 1.36 bits per heavy atom. The van der Waals surface area contributed by atoms with E-state index in [1.807, 2.05) is 6.07 Å². The van der Waals surface area contributed by atoms with E-state index in [1.54, 1.807) is 31.3 Å². The first-order valence-corrected chi connectivity index (χ1v) is 8.24. The summed E-state index contributed by atoms with van der Waals surface area (Å²) in [6.07, 6.45) is 2.89. The van der Waals surface area contributed by atoms with Crippen molar-refractivity contribution in [2.24, 2.45) is 0 Å². The maximum absolute atomic E-state index is 12.7. The number of anilines is 1. The number of fused-ring (bicyclic) bond motifs is 1. The second-order valence-electron chi connectivity index (χ2n) is 5.93. The number of nitrogens with zero attached hydrogens (tertiary/aromatic N) is 4. The Bertz CT molecular complexity index is 1220. The van der Waals surface area contributed by atoms with Gasteiger partial charge in [-0.25, -0.2) is 9.97 Å². The number of benzene rings is 1. The van der Waals surface area contributed by atoms with E-state index in [2.05, 4.69) is 25.5 Å². The highest BCUT2D eigenvalue weighted by molar-refractivity contribution is 6.05. The van der Waals surface area contributed by atoms with Crippen LogP contribution in [0.5, 0.6) is 5.75 Å². The van der Waals surface area contributed by atoms with E-state index in [1.165, 1.54) is 19.6 Å². The first-order valence-electron chi connectivity index (χ1n) is 8.24. The maximum atomic E-state index is 12.7. The van der Waals surface area contributed by atoms with E-state index in [4.69, 9.17) is 9.15 Å². The predicted molar refractivity (Wildman–Crippen MR) is 99.8 cm³/mol. The highest BCUT2D eigenvalue weighted by Crippen LogP contribution is 2.28. The van der Waals surface area contributed by atoms with Crippen LogP contribution < -0.4 is 10.1 Å². The molecule has 138 valence electrons. The molecule has 0 saturated carbocycles. The van der Waals surface area contributed by atoms with Crippen LogP contribution in [-0.4, -0.2) is 33.2 Å². The van der Waals surface area contributed by atoms with E-state index in [0.717, 1.165) is 10.9 Å². The second kappa shape index (κ2) is 6.85. The average molecular weight is 374 g/mol. The minimum Gasteiger partial charge on any atom is -0.495 e. The molecule has 0 unspecified atom stereocenters. The summed E-state index contributed by atoms with van der Waals surface area (Å²) < 4.78 is 10.5. The molecule has 0 aliphatic heterocycles. The smallest absolute Gasteiger partial charge is 0.274 e. The van der Waals surface area contributed by atoms with Crippen LogP contribution in [0.4, 0.5) is 5.69 Å². The molecular formula is C19H14N6O3. The minimum absolute atomic E-state index is 0.149. The van der Waals surface area contributed by atoms with Gasteiger partial charge in [0.2, 0.25) is 0 Å². The molecule has 28 heavy (non-hydrogen) atoms. The third-order valence-corrected chi connectivity index (χ3v) is 4.21. The number of hydrogen-bond donors (Lipinski definition) is 2. The van der Waals surface area contributed by atoms with Crippen LogP contribution in [-0.2, 0) is 0 Å². The van der Waals surface area contributed by atoms with Crippen molar-refractivity contribution >= 4 is 22.5 Å². The molecule has 0 bridgehead atoms. The molecule has 0 radical (unpaired) electrons. The Morgan fingerprint density at radius 2 is 2.21 bits per heavy atom. The molecule has 2 N–H and O–H groups in total. The van der Waals surface area contributed by atoms with E-state index in [9.17, 15) is 10.1 Å². The predicted octanol–water partition coefficient (Wildman–Crippen LogP) is 3.05. The van der Waals surface area contributed by atoms with E-state index >= 15 is 0 Å². The summed E-state index contributed by atoms with van der Waals surface area (Å²) in [5.74, 6) is 0.400. The third kappa shape index (κ3) is 2.93. The summed E-state index contributed by atoms with van der Waals surface area (Å²) in [5.41, 5.74) is 2.81. The van der Waals surface area contributed by atoms with Crippen LogP contribution in [0.15, 0.2) is 41.3 Å². The van der Waals surface area contributed by atoms with Crippen molar-refractivity contribution in [1.82, 2.24) is 20.2 Å². The van der Waals surface area contributed by atoms with E-state index in [0.29, 0.717) is 34.1 Å². The second-order valence-corrected chi connectivity index (χ2v) is 5.93. The summed E-state index contributed by atoms with van der Waals surface area (Å²) in [6, 6.07) is 8.79. The lowest BCUT2D eigenvalue weighted by Gasteiger charge is -2.09.